The molecule has 0 atom stereocenters. The molecular formula is C12H13ClN2O5. The van der Waals surface area contributed by atoms with Crippen LogP contribution in [0.3, 0.4) is 0 Å². The van der Waals surface area contributed by atoms with Gasteiger partial charge in [-0.3, -0.25) is 9.59 Å². The summed E-state index contributed by atoms with van der Waals surface area (Å²) in [7, 11) is 0. The highest BCUT2D eigenvalue weighted by molar-refractivity contribution is 6.32. The predicted octanol–water partition coefficient (Wildman–Crippen LogP) is -0.136. The van der Waals surface area contributed by atoms with Gasteiger partial charge >= 0.3 is 5.97 Å². The molecule has 0 unspecified atom stereocenters. The number of benzene rings is 1. The summed E-state index contributed by atoms with van der Waals surface area (Å²) in [5, 5.41) is 2.53. The monoisotopic (exact) mass is 300 g/mol. The number of halogens is 1. The second-order valence-electron chi connectivity index (χ2n) is 3.62. The van der Waals surface area contributed by atoms with E-state index in [9.17, 15) is 14.4 Å². The maximum atomic E-state index is 11.3. The van der Waals surface area contributed by atoms with Crippen molar-refractivity contribution in [2.24, 2.45) is 5.73 Å². The molecule has 1 aromatic carbocycles. The van der Waals surface area contributed by atoms with Crippen LogP contribution in [-0.2, 0) is 19.1 Å². The molecule has 0 saturated heterocycles. The van der Waals surface area contributed by atoms with Crippen LogP contribution in [0.1, 0.15) is 0 Å². The number of ether oxygens (including phenoxy) is 2. The van der Waals surface area contributed by atoms with Gasteiger partial charge in [0.25, 0.3) is 5.91 Å². The van der Waals surface area contributed by atoms with Crippen LogP contribution in [0.4, 0.5) is 0 Å². The van der Waals surface area contributed by atoms with E-state index in [0.717, 1.165) is 0 Å². The maximum Gasteiger partial charge on any atom is 0.344 e. The van der Waals surface area contributed by atoms with Gasteiger partial charge < -0.3 is 20.5 Å². The first-order chi connectivity index (χ1) is 9.49. The van der Waals surface area contributed by atoms with E-state index in [0.29, 0.717) is 10.8 Å². The lowest BCUT2D eigenvalue weighted by atomic mass is 10.3. The second-order valence-corrected chi connectivity index (χ2v) is 4.03. The number of nitrogens with two attached hydrogens (primary N) is 1. The predicted molar refractivity (Wildman–Crippen MR) is 70.1 cm³/mol. The molecule has 8 heteroatoms. The molecule has 0 aliphatic heterocycles. The fraction of sp³-hybridized carbons (Fsp3) is 0.250. The topological polar surface area (TPSA) is 108 Å². The maximum absolute atomic E-state index is 11.3. The number of carbonyl (C=O) groups is 3. The zero-order valence-electron chi connectivity index (χ0n) is 10.4. The summed E-state index contributed by atoms with van der Waals surface area (Å²) >= 11 is 5.82. The number of hydrogen-bond acceptors (Lipinski definition) is 5. The summed E-state index contributed by atoms with van der Waals surface area (Å²) < 4.78 is 9.74. The van der Waals surface area contributed by atoms with Crippen molar-refractivity contribution in [2.45, 2.75) is 0 Å². The number of carbonyl (C=O) groups excluding carboxylic acids is 3. The van der Waals surface area contributed by atoms with Crippen LogP contribution in [-0.4, -0.2) is 37.5 Å². The Morgan fingerprint density at radius 2 is 1.90 bits per heavy atom. The highest BCUT2D eigenvalue weighted by atomic mass is 35.5. The number of esters is 1. The summed E-state index contributed by atoms with van der Waals surface area (Å²) in [6, 6.07) is 6.62. The van der Waals surface area contributed by atoms with Gasteiger partial charge in [-0.25, -0.2) is 4.79 Å². The molecule has 1 aromatic rings. The number of primary amides is 1. The normalized spacial score (nSPS) is 9.65. The van der Waals surface area contributed by atoms with Crippen molar-refractivity contribution in [1.29, 1.82) is 0 Å². The average Bonchev–Trinajstić information content (AvgIpc) is 2.42. The van der Waals surface area contributed by atoms with Crippen molar-refractivity contribution in [1.82, 2.24) is 5.32 Å². The van der Waals surface area contributed by atoms with E-state index in [1.807, 2.05) is 0 Å². The van der Waals surface area contributed by atoms with Crippen LogP contribution in [0.5, 0.6) is 5.75 Å². The number of para-hydroxylation sites is 1. The van der Waals surface area contributed by atoms with Crippen molar-refractivity contribution >= 4 is 29.4 Å². The molecule has 0 heterocycles. The van der Waals surface area contributed by atoms with E-state index in [-0.39, 0.29) is 13.2 Å². The minimum Gasteiger partial charge on any atom is -0.480 e. The highest BCUT2D eigenvalue weighted by Crippen LogP contribution is 2.22. The van der Waals surface area contributed by atoms with E-state index >= 15 is 0 Å². The van der Waals surface area contributed by atoms with Crippen LogP contribution in [0, 0.1) is 0 Å². The van der Waals surface area contributed by atoms with E-state index in [4.69, 9.17) is 22.1 Å². The third-order valence-corrected chi connectivity index (χ3v) is 2.32. The summed E-state index contributed by atoms with van der Waals surface area (Å²) in [5.41, 5.74) is 4.83. The number of amides is 2. The van der Waals surface area contributed by atoms with Crippen LogP contribution in [0.15, 0.2) is 24.3 Å². The Kier molecular flexibility index (Phi) is 6.31. The molecule has 7 nitrogen and oxygen atoms in total. The number of rotatable bonds is 7. The molecule has 108 valence electrons. The zero-order chi connectivity index (χ0) is 15.0. The Balaban J connectivity index is 2.25. The van der Waals surface area contributed by atoms with E-state index < -0.39 is 24.4 Å². The van der Waals surface area contributed by atoms with Crippen molar-refractivity contribution < 1.29 is 23.9 Å². The molecule has 0 spiro atoms. The third kappa shape index (κ3) is 6.05. The van der Waals surface area contributed by atoms with Gasteiger partial charge in [0.1, 0.15) is 5.75 Å². The molecule has 20 heavy (non-hydrogen) atoms. The van der Waals surface area contributed by atoms with Gasteiger partial charge in [-0.05, 0) is 12.1 Å². The fourth-order valence-corrected chi connectivity index (χ4v) is 1.31. The van der Waals surface area contributed by atoms with E-state index in [1.54, 1.807) is 24.3 Å². The number of nitrogens with one attached hydrogen (secondary N) is 1. The molecule has 3 N–H and O–H groups in total. The first kappa shape index (κ1) is 15.8. The summed E-state index contributed by atoms with van der Waals surface area (Å²) in [6.07, 6.45) is 0. The van der Waals surface area contributed by atoms with Crippen molar-refractivity contribution in [3.05, 3.63) is 29.3 Å². The second kappa shape index (κ2) is 8.00. The first-order valence-corrected chi connectivity index (χ1v) is 5.95. The largest absolute Gasteiger partial charge is 0.480 e. The molecule has 1 rings (SSSR count). The van der Waals surface area contributed by atoms with Crippen molar-refractivity contribution in [3.8, 4) is 5.75 Å². The molecule has 0 aliphatic carbocycles. The van der Waals surface area contributed by atoms with Crippen molar-refractivity contribution in [2.75, 3.05) is 19.8 Å². The average molecular weight is 301 g/mol. The lowest BCUT2D eigenvalue weighted by Crippen LogP contribution is -2.36. The van der Waals surface area contributed by atoms with Gasteiger partial charge in [0, 0.05) is 0 Å². The Labute approximate surface area is 120 Å². The minimum atomic E-state index is -0.737. The SMILES string of the molecule is NC(=O)CNC(=O)COC(=O)COc1ccccc1Cl. The minimum absolute atomic E-state index is 0.313. The molecule has 0 aliphatic rings. The Hall–Kier alpha value is -2.28. The smallest absolute Gasteiger partial charge is 0.344 e. The van der Waals surface area contributed by atoms with Gasteiger partial charge in [0.05, 0.1) is 11.6 Å². The van der Waals surface area contributed by atoms with Crippen molar-refractivity contribution in [3.63, 3.8) is 0 Å². The Morgan fingerprint density at radius 3 is 2.55 bits per heavy atom. The van der Waals surface area contributed by atoms with Gasteiger partial charge in [0.15, 0.2) is 13.2 Å². The van der Waals surface area contributed by atoms with Crippen LogP contribution < -0.4 is 15.8 Å². The lowest BCUT2D eigenvalue weighted by molar-refractivity contribution is -0.150. The van der Waals surface area contributed by atoms with Gasteiger partial charge in [-0.1, -0.05) is 23.7 Å². The highest BCUT2D eigenvalue weighted by Gasteiger charge is 2.09. The molecule has 0 saturated carbocycles. The molecule has 0 aromatic heterocycles. The molecule has 0 bridgehead atoms. The van der Waals surface area contributed by atoms with E-state index in [1.165, 1.54) is 0 Å². The standard InChI is InChI=1S/C12H13ClN2O5/c13-8-3-1-2-4-9(8)19-7-12(18)20-6-11(17)15-5-10(14)16/h1-4H,5-7H2,(H2,14,16)(H,15,17). The van der Waals surface area contributed by atoms with Crippen LogP contribution >= 0.6 is 11.6 Å². The fourth-order valence-electron chi connectivity index (χ4n) is 1.12. The first-order valence-electron chi connectivity index (χ1n) is 5.57. The van der Waals surface area contributed by atoms with Crippen LogP contribution in [0.25, 0.3) is 0 Å². The van der Waals surface area contributed by atoms with Gasteiger partial charge in [-0.15, -0.1) is 0 Å². The van der Waals surface area contributed by atoms with Gasteiger partial charge in [0.2, 0.25) is 5.91 Å². The zero-order valence-corrected chi connectivity index (χ0v) is 11.2. The van der Waals surface area contributed by atoms with Crippen LogP contribution in [0.2, 0.25) is 5.02 Å². The third-order valence-electron chi connectivity index (χ3n) is 2.01. The summed E-state index contributed by atoms with van der Waals surface area (Å²) in [4.78, 5) is 32.8. The lowest BCUT2D eigenvalue weighted by Gasteiger charge is -2.08. The quantitative estimate of drug-likeness (QED) is 0.682. The molecule has 0 radical (unpaired) electrons. The Bertz CT molecular complexity index is 506. The molecule has 0 fully saturated rings. The molecular weight excluding hydrogens is 288 g/mol. The van der Waals surface area contributed by atoms with Gasteiger partial charge in [-0.2, -0.15) is 0 Å². The summed E-state index contributed by atoms with van der Waals surface area (Å²) in [5.74, 6) is -1.72. The summed E-state index contributed by atoms with van der Waals surface area (Å²) in [6.45, 7) is -1.21. The van der Waals surface area contributed by atoms with E-state index in [2.05, 4.69) is 10.1 Å². The molecule has 2 amide bonds. The Morgan fingerprint density at radius 1 is 1.20 bits per heavy atom. The number of hydrogen-bond donors (Lipinski definition) is 2.